The van der Waals surface area contributed by atoms with Crippen molar-refractivity contribution in [1.29, 1.82) is 0 Å². The minimum absolute atomic E-state index is 0.0896. The van der Waals surface area contributed by atoms with E-state index in [4.69, 9.17) is 15.2 Å². The second-order valence-corrected chi connectivity index (χ2v) is 7.13. The zero-order chi connectivity index (χ0) is 20.1. The number of anilines is 1. The van der Waals surface area contributed by atoms with Crippen molar-refractivity contribution in [3.8, 4) is 0 Å². The zero-order valence-corrected chi connectivity index (χ0v) is 14.9. The lowest BCUT2D eigenvalue weighted by molar-refractivity contribution is -0.0528. The Kier molecular flexibility index (Phi) is 4.67. The van der Waals surface area contributed by atoms with Crippen molar-refractivity contribution in [2.45, 2.75) is 50.9 Å². The van der Waals surface area contributed by atoms with Crippen LogP contribution in [-0.4, -0.2) is 71.0 Å². The van der Waals surface area contributed by atoms with E-state index in [1.807, 2.05) is 0 Å². The van der Waals surface area contributed by atoms with Crippen molar-refractivity contribution in [2.24, 2.45) is 0 Å². The van der Waals surface area contributed by atoms with Crippen LogP contribution in [0.15, 0.2) is 11.1 Å². The van der Waals surface area contributed by atoms with E-state index in [0.29, 0.717) is 4.57 Å². The van der Waals surface area contributed by atoms with E-state index in [-0.39, 0.29) is 17.0 Å². The molecule has 2 aromatic rings. The standard InChI is InChI=1S/C15H21N5O7/c1-15(2,3)27-14(25)19-7-10(16)17-5-18-11(7)20(13(19)24)12-9(23)8(22)6(4-21)26-12/h5-6,8-9,12,21-23H,4H2,1-3H3,(H2,16,17,18)/t6-,8-,9-,12-/m1/s1. The Morgan fingerprint density at radius 3 is 2.56 bits per heavy atom. The molecule has 5 N–H and O–H groups in total. The van der Waals surface area contributed by atoms with Crippen LogP contribution in [0.3, 0.4) is 0 Å². The van der Waals surface area contributed by atoms with Gasteiger partial charge in [0.05, 0.1) is 6.61 Å². The number of aliphatic hydroxyl groups is 3. The van der Waals surface area contributed by atoms with Gasteiger partial charge in [-0.3, -0.25) is 0 Å². The third-order valence-corrected chi connectivity index (χ3v) is 4.03. The van der Waals surface area contributed by atoms with Crippen LogP contribution in [0.5, 0.6) is 0 Å². The predicted molar refractivity (Wildman–Crippen MR) is 90.8 cm³/mol. The summed E-state index contributed by atoms with van der Waals surface area (Å²) in [5.74, 6) is -0.159. The Balaban J connectivity index is 2.21. The molecule has 1 aliphatic heterocycles. The van der Waals surface area contributed by atoms with Gasteiger partial charge in [-0.25, -0.2) is 24.1 Å². The van der Waals surface area contributed by atoms with Gasteiger partial charge in [0.25, 0.3) is 0 Å². The molecule has 0 spiro atoms. The fraction of sp³-hybridized carbons (Fsp3) is 0.600. The number of hydrogen-bond acceptors (Lipinski definition) is 10. The summed E-state index contributed by atoms with van der Waals surface area (Å²) in [6, 6.07) is 0. The summed E-state index contributed by atoms with van der Waals surface area (Å²) in [5, 5.41) is 29.5. The first kappa shape index (κ1) is 19.2. The molecular weight excluding hydrogens is 362 g/mol. The highest BCUT2D eigenvalue weighted by molar-refractivity contribution is 5.91. The molecule has 1 aliphatic rings. The fourth-order valence-corrected chi connectivity index (χ4v) is 2.87. The maximum atomic E-state index is 13.0. The molecule has 0 unspecified atom stereocenters. The molecule has 27 heavy (non-hydrogen) atoms. The molecule has 2 aromatic heterocycles. The van der Waals surface area contributed by atoms with Gasteiger partial charge < -0.3 is 30.5 Å². The zero-order valence-electron chi connectivity index (χ0n) is 14.9. The molecule has 3 heterocycles. The van der Waals surface area contributed by atoms with E-state index < -0.39 is 48.5 Å². The summed E-state index contributed by atoms with van der Waals surface area (Å²) in [5.41, 5.74) is 3.79. The Hall–Kier alpha value is -2.54. The largest absolute Gasteiger partial charge is 0.443 e. The smallest absolute Gasteiger partial charge is 0.423 e. The SMILES string of the molecule is CC(C)(C)OC(=O)n1c(=O)n([C@@H]2O[C@H](CO)[C@@H](O)[C@H]2O)c2ncnc(N)c21. The van der Waals surface area contributed by atoms with Crippen LogP contribution in [-0.2, 0) is 9.47 Å². The topological polar surface area (TPSA) is 175 Å². The number of nitrogens with two attached hydrogens (primary N) is 1. The van der Waals surface area contributed by atoms with Gasteiger partial charge in [0.2, 0.25) is 0 Å². The number of nitrogen functional groups attached to an aromatic ring is 1. The first-order valence-corrected chi connectivity index (χ1v) is 8.16. The Bertz CT molecular complexity index is 931. The van der Waals surface area contributed by atoms with Crippen LogP contribution >= 0.6 is 0 Å². The molecule has 0 radical (unpaired) electrons. The number of carbonyl (C=O) groups excluding carboxylic acids is 1. The first-order valence-electron chi connectivity index (χ1n) is 8.16. The normalized spacial score (nSPS) is 25.9. The quantitative estimate of drug-likeness (QED) is 0.481. The third-order valence-electron chi connectivity index (χ3n) is 4.03. The van der Waals surface area contributed by atoms with E-state index >= 15 is 0 Å². The van der Waals surface area contributed by atoms with Crippen LogP contribution in [0.1, 0.15) is 27.0 Å². The number of imidazole rings is 1. The molecule has 3 rings (SSSR count). The molecule has 0 aromatic carbocycles. The minimum Gasteiger partial charge on any atom is -0.443 e. The average molecular weight is 383 g/mol. The van der Waals surface area contributed by atoms with Crippen LogP contribution < -0.4 is 11.4 Å². The third kappa shape index (κ3) is 3.16. The van der Waals surface area contributed by atoms with Crippen molar-refractivity contribution in [3.63, 3.8) is 0 Å². The summed E-state index contributed by atoms with van der Waals surface area (Å²) in [7, 11) is 0. The Morgan fingerprint density at radius 2 is 2.00 bits per heavy atom. The van der Waals surface area contributed by atoms with Gasteiger partial charge in [0, 0.05) is 0 Å². The number of carbonyl (C=O) groups is 1. The van der Waals surface area contributed by atoms with Crippen molar-refractivity contribution >= 4 is 23.1 Å². The number of hydrogen-bond donors (Lipinski definition) is 4. The number of rotatable bonds is 2. The summed E-state index contributed by atoms with van der Waals surface area (Å²) >= 11 is 0. The molecule has 148 valence electrons. The van der Waals surface area contributed by atoms with Gasteiger partial charge in [-0.1, -0.05) is 0 Å². The number of fused-ring (bicyclic) bond motifs is 1. The van der Waals surface area contributed by atoms with Gasteiger partial charge in [-0.05, 0) is 20.8 Å². The van der Waals surface area contributed by atoms with E-state index in [1.165, 1.54) is 0 Å². The molecule has 0 aliphatic carbocycles. The lowest BCUT2D eigenvalue weighted by Gasteiger charge is -2.19. The molecule has 12 heteroatoms. The molecule has 1 fully saturated rings. The molecule has 0 amide bonds. The highest BCUT2D eigenvalue weighted by Crippen LogP contribution is 2.31. The predicted octanol–water partition coefficient (Wildman–Crippen LogP) is -1.43. The van der Waals surface area contributed by atoms with Gasteiger partial charge in [-0.15, -0.1) is 0 Å². The summed E-state index contributed by atoms with van der Waals surface area (Å²) in [4.78, 5) is 33.3. The van der Waals surface area contributed by atoms with E-state index in [1.54, 1.807) is 20.8 Å². The maximum absolute atomic E-state index is 13.0. The van der Waals surface area contributed by atoms with Gasteiger partial charge in [0.15, 0.2) is 17.7 Å². The van der Waals surface area contributed by atoms with E-state index in [2.05, 4.69) is 9.97 Å². The van der Waals surface area contributed by atoms with Crippen molar-refractivity contribution in [1.82, 2.24) is 19.1 Å². The molecule has 1 saturated heterocycles. The van der Waals surface area contributed by atoms with Crippen LogP contribution in [0.2, 0.25) is 0 Å². The maximum Gasteiger partial charge on any atom is 0.423 e. The second kappa shape index (κ2) is 6.56. The van der Waals surface area contributed by atoms with Gasteiger partial charge >= 0.3 is 11.8 Å². The molecule has 0 saturated carbocycles. The Morgan fingerprint density at radius 1 is 1.33 bits per heavy atom. The summed E-state index contributed by atoms with van der Waals surface area (Å²) in [6.45, 7) is 4.30. The van der Waals surface area contributed by atoms with Crippen molar-refractivity contribution < 1.29 is 29.6 Å². The van der Waals surface area contributed by atoms with E-state index in [9.17, 15) is 24.9 Å². The first-order chi connectivity index (χ1) is 12.6. The summed E-state index contributed by atoms with van der Waals surface area (Å²) < 4.78 is 12.2. The van der Waals surface area contributed by atoms with Crippen LogP contribution in [0.25, 0.3) is 11.2 Å². The van der Waals surface area contributed by atoms with Crippen molar-refractivity contribution in [3.05, 3.63) is 16.8 Å². The number of aliphatic hydroxyl groups excluding tert-OH is 3. The lowest BCUT2D eigenvalue weighted by atomic mass is 10.1. The average Bonchev–Trinajstić information content (AvgIpc) is 3.01. The molecule has 12 nitrogen and oxygen atoms in total. The number of ether oxygens (including phenoxy) is 2. The highest BCUT2D eigenvalue weighted by atomic mass is 16.6. The molecule has 0 bridgehead atoms. The lowest BCUT2D eigenvalue weighted by Crippen LogP contribution is -2.38. The van der Waals surface area contributed by atoms with Crippen LogP contribution in [0, 0.1) is 0 Å². The van der Waals surface area contributed by atoms with Gasteiger partial charge in [0.1, 0.15) is 35.8 Å². The fourth-order valence-electron chi connectivity index (χ4n) is 2.87. The number of nitrogens with zero attached hydrogens (tertiary/aromatic N) is 4. The monoisotopic (exact) mass is 383 g/mol. The molecular formula is C15H21N5O7. The van der Waals surface area contributed by atoms with Crippen molar-refractivity contribution in [2.75, 3.05) is 12.3 Å². The Labute approximate surface area is 152 Å². The molecule has 4 atom stereocenters. The van der Waals surface area contributed by atoms with Gasteiger partial charge in [-0.2, -0.15) is 4.57 Å². The highest BCUT2D eigenvalue weighted by Gasteiger charge is 2.45. The summed E-state index contributed by atoms with van der Waals surface area (Å²) in [6.07, 6.45) is -5.43. The minimum atomic E-state index is -1.55. The van der Waals surface area contributed by atoms with Crippen LogP contribution in [0.4, 0.5) is 10.6 Å². The second-order valence-electron chi connectivity index (χ2n) is 7.13. The number of aromatic nitrogens is 4. The van der Waals surface area contributed by atoms with E-state index in [0.717, 1.165) is 10.9 Å².